The molecule has 0 saturated carbocycles. The van der Waals surface area contributed by atoms with Gasteiger partial charge in [-0.3, -0.25) is 14.5 Å². The summed E-state index contributed by atoms with van der Waals surface area (Å²) in [7, 11) is 1.82. The lowest BCUT2D eigenvalue weighted by atomic mass is 9.69. The average molecular weight is 307 g/mol. The van der Waals surface area contributed by atoms with E-state index in [-0.39, 0.29) is 18.2 Å². The Balaban J connectivity index is 2.02. The van der Waals surface area contributed by atoms with Gasteiger partial charge in [0, 0.05) is 24.5 Å². The molecule has 1 aromatic rings. The van der Waals surface area contributed by atoms with Crippen LogP contribution in [0.5, 0.6) is 0 Å². The molecule has 1 spiro atoms. The maximum atomic E-state index is 12.9. The number of aryl methyl sites for hydroxylation is 1. The molecule has 3 rings (SSSR count). The Labute approximate surface area is 129 Å². The van der Waals surface area contributed by atoms with Crippen LogP contribution in [-0.4, -0.2) is 36.9 Å². The van der Waals surface area contributed by atoms with Crippen LogP contribution in [0.3, 0.4) is 0 Å². The van der Waals surface area contributed by atoms with E-state index in [9.17, 15) is 9.59 Å². The van der Waals surface area contributed by atoms with Crippen molar-refractivity contribution in [1.29, 1.82) is 0 Å². The normalized spacial score (nSPS) is 24.8. The lowest BCUT2D eigenvalue weighted by molar-refractivity contribution is -0.140. The molecule has 0 radical (unpaired) electrons. The third kappa shape index (κ3) is 2.27. The summed E-state index contributed by atoms with van der Waals surface area (Å²) in [4.78, 5) is 26.6. The number of nitrogens with one attached hydrogen (secondary N) is 1. The highest BCUT2D eigenvalue weighted by Crippen LogP contribution is 2.46. The van der Waals surface area contributed by atoms with Crippen LogP contribution in [0.25, 0.3) is 0 Å². The minimum absolute atomic E-state index is 0.0500. The smallest absolute Gasteiger partial charge is 0.240 e. The van der Waals surface area contributed by atoms with Gasteiger partial charge >= 0.3 is 0 Å². The number of carbonyl (C=O) groups is 2. The zero-order valence-corrected chi connectivity index (χ0v) is 12.9. The van der Waals surface area contributed by atoms with Crippen LogP contribution < -0.4 is 5.32 Å². The van der Waals surface area contributed by atoms with E-state index >= 15 is 0 Å². The fourth-order valence-electron chi connectivity index (χ4n) is 3.58. The summed E-state index contributed by atoms with van der Waals surface area (Å²) in [6.45, 7) is 1.06. The highest BCUT2D eigenvalue weighted by Gasteiger charge is 2.53. The van der Waals surface area contributed by atoms with Crippen LogP contribution in [0, 0.1) is 0 Å². The Bertz CT molecular complexity index is 602. The molecule has 1 saturated heterocycles. The summed E-state index contributed by atoms with van der Waals surface area (Å²) in [6, 6.07) is 5.73. The van der Waals surface area contributed by atoms with Crippen molar-refractivity contribution in [1.82, 2.24) is 10.2 Å². The molecule has 2 amide bonds. The Morgan fingerprint density at radius 1 is 1.38 bits per heavy atom. The first-order valence-electron chi connectivity index (χ1n) is 7.37. The first-order chi connectivity index (χ1) is 10.1. The van der Waals surface area contributed by atoms with Crippen molar-refractivity contribution >= 4 is 23.4 Å². The van der Waals surface area contributed by atoms with E-state index in [1.807, 2.05) is 25.2 Å². The number of hydrogen-bond acceptors (Lipinski definition) is 3. The molecule has 1 fully saturated rings. The maximum Gasteiger partial charge on any atom is 0.240 e. The number of amides is 2. The van der Waals surface area contributed by atoms with E-state index in [0.717, 1.165) is 30.4 Å². The number of imide groups is 1. The largest absolute Gasteiger partial charge is 0.318 e. The van der Waals surface area contributed by atoms with Crippen LogP contribution in [0.4, 0.5) is 0 Å². The molecule has 1 aliphatic heterocycles. The van der Waals surface area contributed by atoms with Gasteiger partial charge < -0.3 is 5.32 Å². The molecule has 112 valence electrons. The molecule has 4 nitrogen and oxygen atoms in total. The SMILES string of the molecule is CNCCN1C(=O)CC2(CCCc3ccc(Cl)cc32)C1=O. The highest BCUT2D eigenvalue weighted by molar-refractivity contribution is 6.30. The minimum Gasteiger partial charge on any atom is -0.318 e. The molecule has 21 heavy (non-hydrogen) atoms. The monoisotopic (exact) mass is 306 g/mol. The molecule has 1 N–H and O–H groups in total. The number of hydrogen-bond donors (Lipinski definition) is 1. The highest BCUT2D eigenvalue weighted by atomic mass is 35.5. The van der Waals surface area contributed by atoms with E-state index in [0.29, 0.717) is 18.1 Å². The fourth-order valence-corrected chi connectivity index (χ4v) is 3.76. The van der Waals surface area contributed by atoms with Gasteiger partial charge in [0.05, 0.1) is 5.41 Å². The van der Waals surface area contributed by atoms with E-state index in [2.05, 4.69) is 5.32 Å². The van der Waals surface area contributed by atoms with Crippen LogP contribution in [0.1, 0.15) is 30.4 Å². The predicted octanol–water partition coefficient (Wildman–Crippen LogP) is 1.89. The number of likely N-dealkylation sites (tertiary alicyclic amines) is 1. The van der Waals surface area contributed by atoms with Crippen molar-refractivity contribution in [3.63, 3.8) is 0 Å². The molecular weight excluding hydrogens is 288 g/mol. The molecular formula is C16H19ClN2O2. The molecule has 1 atom stereocenters. The molecule has 0 bridgehead atoms. The van der Waals surface area contributed by atoms with Crippen molar-refractivity contribution in [2.24, 2.45) is 0 Å². The second-order valence-electron chi connectivity index (χ2n) is 5.87. The van der Waals surface area contributed by atoms with Crippen molar-refractivity contribution in [3.05, 3.63) is 34.3 Å². The first kappa shape index (κ1) is 14.5. The van der Waals surface area contributed by atoms with Gasteiger partial charge in [0.1, 0.15) is 0 Å². The van der Waals surface area contributed by atoms with Gasteiger partial charge in [-0.15, -0.1) is 0 Å². The first-order valence-corrected chi connectivity index (χ1v) is 7.74. The van der Waals surface area contributed by atoms with Gasteiger partial charge in [-0.2, -0.15) is 0 Å². The number of fused-ring (bicyclic) bond motifs is 2. The van der Waals surface area contributed by atoms with Crippen LogP contribution >= 0.6 is 11.6 Å². The van der Waals surface area contributed by atoms with Gasteiger partial charge in [-0.1, -0.05) is 17.7 Å². The zero-order valence-electron chi connectivity index (χ0n) is 12.1. The fraction of sp³-hybridized carbons (Fsp3) is 0.500. The van der Waals surface area contributed by atoms with Crippen LogP contribution in [0.2, 0.25) is 5.02 Å². The van der Waals surface area contributed by atoms with Crippen molar-refractivity contribution in [2.75, 3.05) is 20.1 Å². The van der Waals surface area contributed by atoms with Gasteiger partial charge in [-0.25, -0.2) is 0 Å². The summed E-state index contributed by atoms with van der Waals surface area (Å²) >= 11 is 6.12. The van der Waals surface area contributed by atoms with Crippen LogP contribution in [0.15, 0.2) is 18.2 Å². The number of nitrogens with zero attached hydrogens (tertiary/aromatic N) is 1. The standard InChI is InChI=1S/C16H19ClN2O2/c1-18-7-8-19-14(20)10-16(15(19)21)6-2-3-11-4-5-12(17)9-13(11)16/h4-5,9,18H,2-3,6-8,10H2,1H3. The number of benzene rings is 1. The summed E-state index contributed by atoms with van der Waals surface area (Å²) in [5, 5.41) is 3.62. The lowest BCUT2D eigenvalue weighted by Gasteiger charge is -2.33. The Morgan fingerprint density at radius 3 is 2.95 bits per heavy atom. The van der Waals surface area contributed by atoms with E-state index in [1.165, 1.54) is 4.90 Å². The topological polar surface area (TPSA) is 49.4 Å². The van der Waals surface area contributed by atoms with Crippen molar-refractivity contribution in [3.8, 4) is 0 Å². The van der Waals surface area contributed by atoms with Gasteiger partial charge in [0.2, 0.25) is 11.8 Å². The summed E-state index contributed by atoms with van der Waals surface area (Å²) in [6.07, 6.45) is 2.91. The van der Waals surface area contributed by atoms with Crippen LogP contribution in [-0.2, 0) is 21.4 Å². The third-order valence-corrected chi connectivity index (χ3v) is 4.87. The molecule has 5 heteroatoms. The maximum absolute atomic E-state index is 12.9. The molecule has 1 aliphatic carbocycles. The van der Waals surface area contributed by atoms with E-state index in [4.69, 9.17) is 11.6 Å². The Morgan fingerprint density at radius 2 is 2.19 bits per heavy atom. The van der Waals surface area contributed by atoms with Gasteiger partial charge in [0.25, 0.3) is 0 Å². The summed E-state index contributed by atoms with van der Waals surface area (Å²) < 4.78 is 0. The second kappa shape index (κ2) is 5.43. The Hall–Kier alpha value is -1.39. The second-order valence-corrected chi connectivity index (χ2v) is 6.30. The number of halogens is 1. The van der Waals surface area contributed by atoms with Gasteiger partial charge in [0.15, 0.2) is 0 Å². The number of likely N-dealkylation sites (N-methyl/N-ethyl adjacent to an activating group) is 1. The number of rotatable bonds is 3. The molecule has 2 aliphatic rings. The van der Waals surface area contributed by atoms with Crippen molar-refractivity contribution < 1.29 is 9.59 Å². The van der Waals surface area contributed by atoms with Crippen molar-refractivity contribution in [2.45, 2.75) is 31.1 Å². The quantitative estimate of drug-likeness (QED) is 0.868. The molecule has 0 aromatic heterocycles. The molecule has 1 aromatic carbocycles. The molecule has 1 unspecified atom stereocenters. The third-order valence-electron chi connectivity index (χ3n) is 4.63. The predicted molar refractivity (Wildman–Crippen MR) is 81.3 cm³/mol. The van der Waals surface area contributed by atoms with E-state index in [1.54, 1.807) is 0 Å². The average Bonchev–Trinajstić information content (AvgIpc) is 2.70. The minimum atomic E-state index is -0.677. The van der Waals surface area contributed by atoms with E-state index < -0.39 is 5.41 Å². The number of carbonyl (C=O) groups excluding carboxylic acids is 2. The Kier molecular flexibility index (Phi) is 3.76. The lowest BCUT2D eigenvalue weighted by Crippen LogP contribution is -2.42. The zero-order chi connectivity index (χ0) is 15.0. The van der Waals surface area contributed by atoms with Gasteiger partial charge in [-0.05, 0) is 49.6 Å². The molecule has 1 heterocycles. The summed E-state index contributed by atoms with van der Waals surface area (Å²) in [5.41, 5.74) is 1.44. The summed E-state index contributed by atoms with van der Waals surface area (Å²) in [5.74, 6) is -0.117.